The average molecular weight is 1900 g/mol. The second kappa shape index (κ2) is 46.8. The van der Waals surface area contributed by atoms with Crippen LogP contribution in [0.3, 0.4) is 0 Å². The maximum absolute atomic E-state index is 5.87. The van der Waals surface area contributed by atoms with Gasteiger partial charge in [0.25, 0.3) is 0 Å². The molecular formula is C110H125N5S12. The number of hydrogen-bond donors (Lipinski definition) is 2. The minimum absolute atomic E-state index is 0.699. The molecule has 16 rings (SSSR count). The molecule has 0 bridgehead atoms. The second-order valence-electron chi connectivity index (χ2n) is 34.4. The number of hydrogen-bond acceptors (Lipinski definition) is 17. The molecule has 0 saturated heterocycles. The van der Waals surface area contributed by atoms with Gasteiger partial charge in [0.2, 0.25) is 0 Å². The zero-order valence-corrected chi connectivity index (χ0v) is 85.5. The van der Waals surface area contributed by atoms with Crippen LogP contribution in [-0.4, -0.2) is 15.0 Å². The molecule has 0 saturated carbocycles. The number of unbranched alkanes of at least 4 members (excludes halogenated alkanes) is 21. The Hall–Kier alpha value is -7.07. The van der Waals surface area contributed by atoms with Gasteiger partial charge in [-0.3, -0.25) is 0 Å². The first-order valence-corrected chi connectivity index (χ1v) is 57.5. The molecule has 0 aliphatic carbocycles. The number of para-hydroxylation sites is 2. The molecule has 0 atom stereocenters. The Labute approximate surface area is 805 Å². The monoisotopic (exact) mass is 1900 g/mol. The molecule has 14 aromatic heterocycles. The number of rotatable bonds is 51. The summed E-state index contributed by atoms with van der Waals surface area (Å²) in [5.74, 6) is 1.41. The average Bonchev–Trinajstić information content (AvgIpc) is 1.74. The van der Waals surface area contributed by atoms with Gasteiger partial charge in [-0.15, -0.1) is 136 Å². The van der Waals surface area contributed by atoms with Gasteiger partial charge < -0.3 is 10.6 Å². The van der Waals surface area contributed by atoms with Crippen molar-refractivity contribution >= 4 is 170 Å². The van der Waals surface area contributed by atoms with Gasteiger partial charge in [0, 0.05) is 119 Å². The number of benzene rings is 2. The van der Waals surface area contributed by atoms with Crippen molar-refractivity contribution in [2.45, 2.75) is 280 Å². The zero-order valence-electron chi connectivity index (χ0n) is 75.7. The third-order valence-electron chi connectivity index (χ3n) is 24.3. The van der Waals surface area contributed by atoms with Crippen LogP contribution in [0.2, 0.25) is 0 Å². The summed E-state index contributed by atoms with van der Waals surface area (Å²) in [4.78, 5) is 50.5. The van der Waals surface area contributed by atoms with E-state index in [1.807, 2.05) is 125 Å². The van der Waals surface area contributed by atoms with Crippen LogP contribution in [0.5, 0.6) is 0 Å². The van der Waals surface area contributed by atoms with Crippen molar-refractivity contribution in [3.05, 3.63) is 219 Å². The molecule has 0 spiro atoms. The van der Waals surface area contributed by atoms with E-state index in [0.29, 0.717) is 11.6 Å². The minimum atomic E-state index is 0.699. The molecule has 127 heavy (non-hydrogen) atoms. The van der Waals surface area contributed by atoms with E-state index in [1.54, 1.807) is 0 Å². The Morgan fingerprint density at radius 2 is 0.535 bits per heavy atom. The molecule has 662 valence electrons. The topological polar surface area (TPSA) is 62.7 Å². The van der Waals surface area contributed by atoms with Crippen molar-refractivity contribution in [1.82, 2.24) is 15.0 Å². The largest absolute Gasteiger partial charge is 0.354 e. The maximum Gasteiger partial charge on any atom is 0.172 e. The van der Waals surface area contributed by atoms with E-state index in [1.165, 1.54) is 314 Å². The summed E-state index contributed by atoms with van der Waals surface area (Å²) in [5.41, 5.74) is 14.2. The van der Waals surface area contributed by atoms with Gasteiger partial charge in [-0.2, -0.15) is 0 Å². The molecule has 0 aliphatic heterocycles. The molecule has 16 aromatic rings. The highest BCUT2D eigenvalue weighted by atomic mass is 32.1. The van der Waals surface area contributed by atoms with Crippen molar-refractivity contribution in [2.24, 2.45) is 0 Å². The second-order valence-corrected chi connectivity index (χ2v) is 47.5. The number of thiophene rings is 12. The first-order chi connectivity index (χ1) is 62.5. The van der Waals surface area contributed by atoms with Crippen LogP contribution >= 0.6 is 136 Å². The lowest BCUT2D eigenvalue weighted by atomic mass is 10.0. The highest BCUT2D eigenvalue weighted by Crippen LogP contribution is 2.55. The number of nitrogens with one attached hydrogen (secondary N) is 2. The summed E-state index contributed by atoms with van der Waals surface area (Å²) in [6.07, 6.45) is 42.1. The molecule has 0 unspecified atom stereocenters. The standard InChI is InChI=1S/C110H125N5S12/c1-9-16-23-32-43-74-66-95(122-105(74)96-69-77(46-35-26-19-12-4)106(125-96)97-67-75(44-33-24-17-10-2)103(123-97)93-64-62-91(120-93)89-60-58-87(118-89)85-56-54-73(8)116-85)83-72-84(111-80-49-38-30-39-50-80)101-102(113-83)110(112-81-51-40-31-41-52-81)115-109(114-101)100-71-79(48-37-28-21-14-6)108(127-100)99-70-78(47-36-27-20-13-5)107(126-99)98-68-76(45-34-25-18-11-3)104(124-98)94-65-63-92(121-94)90-61-59-88(119-90)86-57-55-82(117-86)53-42-29-22-15-7/h30-31,38-41,49-52,54-72H,9-29,32-37,42-48,53H2,1-8H3,(H,111,113)(H,112,114,115). The lowest BCUT2D eigenvalue weighted by Crippen LogP contribution is -2.03. The zero-order chi connectivity index (χ0) is 87.2. The third-order valence-corrected chi connectivity index (χ3v) is 39.7. The van der Waals surface area contributed by atoms with Crippen LogP contribution in [0.1, 0.15) is 271 Å². The lowest BCUT2D eigenvalue weighted by Gasteiger charge is -2.15. The van der Waals surface area contributed by atoms with E-state index in [9.17, 15) is 0 Å². The highest BCUT2D eigenvalue weighted by Gasteiger charge is 2.28. The number of fused-ring (bicyclic) bond motifs is 1. The summed E-state index contributed by atoms with van der Waals surface area (Å²) in [5, 5.41) is 7.89. The van der Waals surface area contributed by atoms with Gasteiger partial charge in [-0.25, -0.2) is 15.0 Å². The summed E-state index contributed by atoms with van der Waals surface area (Å²) in [7, 11) is 0. The van der Waals surface area contributed by atoms with Crippen LogP contribution in [0.15, 0.2) is 176 Å². The third kappa shape index (κ3) is 23.9. The summed E-state index contributed by atoms with van der Waals surface area (Å²) in [6.45, 7) is 18.5. The number of nitrogens with zero attached hydrogens (tertiary/aromatic N) is 3. The number of anilines is 4. The normalized spacial score (nSPS) is 11.8. The molecule has 2 aromatic carbocycles. The van der Waals surface area contributed by atoms with Crippen molar-refractivity contribution in [3.63, 3.8) is 0 Å². The van der Waals surface area contributed by atoms with E-state index in [-0.39, 0.29) is 0 Å². The summed E-state index contributed by atoms with van der Waals surface area (Å²) < 4.78 is 0. The smallest absolute Gasteiger partial charge is 0.172 e. The van der Waals surface area contributed by atoms with Gasteiger partial charge in [-0.05, 0) is 270 Å². The van der Waals surface area contributed by atoms with E-state index in [4.69, 9.17) is 15.0 Å². The van der Waals surface area contributed by atoms with Gasteiger partial charge in [-0.1, -0.05) is 220 Å². The molecule has 5 nitrogen and oxygen atoms in total. The summed E-state index contributed by atoms with van der Waals surface area (Å²) >= 11 is 23.8. The van der Waals surface area contributed by atoms with Crippen LogP contribution < -0.4 is 10.6 Å². The molecule has 0 radical (unpaired) electrons. The predicted molar refractivity (Wildman–Crippen MR) is 576 cm³/mol. The first-order valence-electron chi connectivity index (χ1n) is 47.7. The van der Waals surface area contributed by atoms with Gasteiger partial charge in [0.05, 0.1) is 21.1 Å². The number of aryl methyl sites for hydroxylation is 8. The quantitative estimate of drug-likeness (QED) is 0.0372. The van der Waals surface area contributed by atoms with Crippen molar-refractivity contribution < 1.29 is 0 Å². The van der Waals surface area contributed by atoms with Gasteiger partial charge in [0.15, 0.2) is 11.6 Å². The van der Waals surface area contributed by atoms with Crippen LogP contribution in [0.4, 0.5) is 22.9 Å². The predicted octanol–water partition coefficient (Wildman–Crippen LogP) is 40.4. The molecule has 0 aliphatic rings. The Morgan fingerprint density at radius 1 is 0.228 bits per heavy atom. The first kappa shape index (κ1) is 93.2. The molecule has 0 amide bonds. The fourth-order valence-corrected chi connectivity index (χ4v) is 31.6. The molecule has 14 heterocycles. The Kier molecular flexibility index (Phi) is 34.4. The fourth-order valence-electron chi connectivity index (χ4n) is 17.3. The fraction of sp³-hybridized carbons (Fsp3) is 0.391. The molecule has 17 heteroatoms. The number of pyridine rings is 1. The van der Waals surface area contributed by atoms with E-state index in [2.05, 4.69) is 253 Å². The Morgan fingerprint density at radius 3 is 0.921 bits per heavy atom. The lowest BCUT2D eigenvalue weighted by molar-refractivity contribution is 0.667. The van der Waals surface area contributed by atoms with Crippen molar-refractivity contribution in [2.75, 3.05) is 10.6 Å². The van der Waals surface area contributed by atoms with Gasteiger partial charge in [0.1, 0.15) is 11.0 Å². The number of aromatic nitrogens is 3. The summed E-state index contributed by atoms with van der Waals surface area (Å²) in [6, 6.07) is 67.5. The Balaban J connectivity index is 0.783. The van der Waals surface area contributed by atoms with Crippen molar-refractivity contribution in [1.29, 1.82) is 0 Å². The van der Waals surface area contributed by atoms with E-state index in [0.717, 1.165) is 94.9 Å². The highest BCUT2D eigenvalue weighted by molar-refractivity contribution is 7.32. The maximum atomic E-state index is 5.87. The van der Waals surface area contributed by atoms with Gasteiger partial charge >= 0.3 is 0 Å². The minimum Gasteiger partial charge on any atom is -0.354 e. The molecule has 0 fully saturated rings. The van der Waals surface area contributed by atoms with E-state index < -0.39 is 0 Å². The Bertz CT molecular complexity index is 6000. The SMILES string of the molecule is CCCCCCc1ccc(-c2ccc(-c3ccc(-c4sc(-c5sc(-c6sc(-c7nc(Nc8ccccc8)c8nc(-c9cc(CCCCCC)c(-c%10cc(CCCCCC)c(-c%11cc(CCCCCC)c(-c%12ccc(-c%13ccc(-c%14ccc(C)s%14)s%13)s%12)s%11)s%10)s9)cc(Nc9ccccc9)c8n7)cc6CCCCCC)cc5CCCCCC)cc4CCCCCC)s3)s2)s1. The van der Waals surface area contributed by atoms with Crippen LogP contribution in [-0.2, 0) is 44.9 Å². The van der Waals surface area contributed by atoms with Crippen LogP contribution in [0.25, 0.3) is 130 Å². The molecule has 2 N–H and O–H groups in total. The van der Waals surface area contributed by atoms with E-state index >= 15 is 0 Å². The molecular weight excluding hydrogens is 1780 g/mol. The van der Waals surface area contributed by atoms with Crippen LogP contribution in [0, 0.1) is 6.92 Å². The van der Waals surface area contributed by atoms with Crippen molar-refractivity contribution in [3.8, 4) is 119 Å².